The molecule has 0 aliphatic carbocycles. The maximum absolute atomic E-state index is 11.5. The molecule has 0 saturated heterocycles. The van der Waals surface area contributed by atoms with Crippen LogP contribution in [0, 0.1) is 0 Å². The molecule has 7 heteroatoms. The van der Waals surface area contributed by atoms with Crippen LogP contribution in [0.3, 0.4) is 0 Å². The van der Waals surface area contributed by atoms with Crippen molar-refractivity contribution in [1.29, 1.82) is 0 Å². The molecular formula is C13H11NO6. The number of aromatic hydroxyl groups is 4. The maximum atomic E-state index is 11.5. The zero-order valence-corrected chi connectivity index (χ0v) is 10.1. The number of nitrogens with zero attached hydrogens (tertiary/aromatic N) is 1. The number of hydrogen-bond donors (Lipinski definition) is 4. The molecule has 1 aromatic carbocycles. The topological polar surface area (TPSA) is 112 Å². The second-order valence-corrected chi connectivity index (χ2v) is 3.84. The van der Waals surface area contributed by atoms with E-state index in [0.717, 1.165) is 18.2 Å². The van der Waals surface area contributed by atoms with Crippen LogP contribution >= 0.6 is 0 Å². The van der Waals surface area contributed by atoms with E-state index in [1.54, 1.807) is 0 Å². The van der Waals surface area contributed by atoms with Gasteiger partial charge >= 0.3 is 5.97 Å². The lowest BCUT2D eigenvalue weighted by Crippen LogP contribution is -2.16. The van der Waals surface area contributed by atoms with Gasteiger partial charge in [0.05, 0.1) is 0 Å². The van der Waals surface area contributed by atoms with Crippen molar-refractivity contribution in [3.05, 3.63) is 42.0 Å². The van der Waals surface area contributed by atoms with Gasteiger partial charge in [-0.1, -0.05) is 6.07 Å². The molecule has 0 unspecified atom stereocenters. The highest BCUT2D eigenvalue weighted by atomic mass is 16.7. The van der Waals surface area contributed by atoms with E-state index < -0.39 is 17.7 Å². The quantitative estimate of drug-likeness (QED) is 0.491. The predicted octanol–water partition coefficient (Wildman–Crippen LogP) is 0.979. The van der Waals surface area contributed by atoms with Crippen LogP contribution in [-0.4, -0.2) is 31.1 Å². The zero-order valence-electron chi connectivity index (χ0n) is 10.1. The lowest BCUT2D eigenvalue weighted by molar-refractivity contribution is -0.139. The van der Waals surface area contributed by atoms with Gasteiger partial charge < -0.3 is 25.3 Å². The van der Waals surface area contributed by atoms with Gasteiger partial charge in [0.2, 0.25) is 11.8 Å². The summed E-state index contributed by atoms with van der Waals surface area (Å²) in [6, 6.07) is 6.31. The van der Waals surface area contributed by atoms with Gasteiger partial charge in [-0.05, 0) is 23.8 Å². The smallest absolute Gasteiger partial charge is 0.356 e. The molecule has 0 aliphatic rings. The summed E-state index contributed by atoms with van der Waals surface area (Å²) in [4.78, 5) is 16.1. The Morgan fingerprint density at radius 3 is 2.25 bits per heavy atom. The van der Waals surface area contributed by atoms with E-state index in [-0.39, 0.29) is 11.5 Å². The average molecular weight is 277 g/mol. The maximum Gasteiger partial charge on any atom is 0.356 e. The Hall–Kier alpha value is -3.09. The molecule has 2 rings (SSSR count). The SMILES string of the molecule is O=C(C=Cc1ccc(O)c(O)c1)On1c(O)ccc1O. The number of phenolic OH excluding ortho intramolecular Hbond substituents is 2. The largest absolute Gasteiger partial charge is 0.504 e. The third-order valence-corrected chi connectivity index (χ3v) is 2.39. The molecule has 0 radical (unpaired) electrons. The van der Waals surface area contributed by atoms with Crippen LogP contribution in [-0.2, 0) is 4.79 Å². The molecule has 2 aromatic rings. The fraction of sp³-hybridized carbons (Fsp3) is 0. The summed E-state index contributed by atoms with van der Waals surface area (Å²) in [6.45, 7) is 0. The molecular weight excluding hydrogens is 266 g/mol. The first kappa shape index (κ1) is 13.3. The van der Waals surface area contributed by atoms with Crippen LogP contribution in [0.25, 0.3) is 6.08 Å². The molecule has 0 amide bonds. The number of hydrogen-bond acceptors (Lipinski definition) is 6. The second kappa shape index (κ2) is 5.27. The summed E-state index contributed by atoms with van der Waals surface area (Å²) in [7, 11) is 0. The van der Waals surface area contributed by atoms with Gasteiger partial charge in [-0.3, -0.25) is 0 Å². The molecule has 0 atom stereocenters. The van der Waals surface area contributed by atoms with E-state index >= 15 is 0 Å². The van der Waals surface area contributed by atoms with Gasteiger partial charge in [0.15, 0.2) is 11.5 Å². The Kier molecular flexibility index (Phi) is 3.52. The summed E-state index contributed by atoms with van der Waals surface area (Å²) in [5.41, 5.74) is 0.457. The summed E-state index contributed by atoms with van der Waals surface area (Å²) < 4.78 is 0.557. The van der Waals surface area contributed by atoms with Crippen molar-refractivity contribution < 1.29 is 30.1 Å². The number of carbonyl (C=O) groups is 1. The third-order valence-electron chi connectivity index (χ3n) is 2.39. The molecule has 4 N–H and O–H groups in total. The molecule has 1 heterocycles. The van der Waals surface area contributed by atoms with E-state index in [9.17, 15) is 20.1 Å². The minimum absolute atomic E-state index is 0.271. The summed E-state index contributed by atoms with van der Waals surface area (Å²) in [5, 5.41) is 37.0. The van der Waals surface area contributed by atoms with Gasteiger partial charge in [0, 0.05) is 18.2 Å². The lowest BCUT2D eigenvalue weighted by atomic mass is 10.2. The average Bonchev–Trinajstić information content (AvgIpc) is 2.72. The highest BCUT2D eigenvalue weighted by molar-refractivity contribution is 5.87. The second-order valence-electron chi connectivity index (χ2n) is 3.84. The van der Waals surface area contributed by atoms with Crippen molar-refractivity contribution in [3.63, 3.8) is 0 Å². The number of carbonyl (C=O) groups excluding carboxylic acids is 1. The Morgan fingerprint density at radius 1 is 1.00 bits per heavy atom. The van der Waals surface area contributed by atoms with Crippen molar-refractivity contribution in [2.75, 3.05) is 0 Å². The Labute approximate surface area is 113 Å². The first-order valence-corrected chi connectivity index (χ1v) is 5.49. The minimum atomic E-state index is -0.848. The van der Waals surface area contributed by atoms with E-state index in [2.05, 4.69) is 4.84 Å². The molecule has 0 saturated carbocycles. The molecule has 0 spiro atoms. The molecule has 20 heavy (non-hydrogen) atoms. The highest BCUT2D eigenvalue weighted by Crippen LogP contribution is 2.25. The molecule has 0 aliphatic heterocycles. The van der Waals surface area contributed by atoms with Crippen molar-refractivity contribution >= 4 is 12.0 Å². The van der Waals surface area contributed by atoms with E-state index in [1.807, 2.05) is 0 Å². The first-order chi connectivity index (χ1) is 9.47. The first-order valence-electron chi connectivity index (χ1n) is 5.49. The predicted molar refractivity (Wildman–Crippen MR) is 68.2 cm³/mol. The van der Waals surface area contributed by atoms with Gasteiger partial charge in [-0.2, -0.15) is 0 Å². The standard InChI is InChI=1S/C13H11NO6/c15-9-3-1-8(7-10(9)16)2-6-13(19)20-14-11(17)4-5-12(14)18/h1-7,15-18H. The van der Waals surface area contributed by atoms with E-state index in [0.29, 0.717) is 10.3 Å². The lowest BCUT2D eigenvalue weighted by Gasteiger charge is -2.04. The van der Waals surface area contributed by atoms with Crippen LogP contribution < -0.4 is 4.84 Å². The fourth-order valence-corrected chi connectivity index (χ4v) is 1.42. The van der Waals surface area contributed by atoms with Crippen LogP contribution in [0.4, 0.5) is 0 Å². The van der Waals surface area contributed by atoms with Crippen LogP contribution in [0.2, 0.25) is 0 Å². The van der Waals surface area contributed by atoms with Crippen LogP contribution in [0.1, 0.15) is 5.56 Å². The number of aromatic nitrogens is 1. The summed E-state index contributed by atoms with van der Waals surface area (Å²) in [6.07, 6.45) is 2.36. The van der Waals surface area contributed by atoms with E-state index in [4.69, 9.17) is 5.11 Å². The molecule has 0 fully saturated rings. The van der Waals surface area contributed by atoms with Crippen molar-refractivity contribution in [3.8, 4) is 23.3 Å². The third kappa shape index (κ3) is 2.83. The van der Waals surface area contributed by atoms with Crippen LogP contribution in [0.15, 0.2) is 36.4 Å². The fourth-order valence-electron chi connectivity index (χ4n) is 1.42. The minimum Gasteiger partial charge on any atom is -0.504 e. The molecule has 104 valence electrons. The van der Waals surface area contributed by atoms with Crippen molar-refractivity contribution in [1.82, 2.24) is 4.73 Å². The number of phenols is 2. The Morgan fingerprint density at radius 2 is 1.65 bits per heavy atom. The summed E-state index contributed by atoms with van der Waals surface area (Å²) >= 11 is 0. The van der Waals surface area contributed by atoms with Crippen molar-refractivity contribution in [2.45, 2.75) is 0 Å². The number of benzene rings is 1. The normalized spacial score (nSPS) is 10.8. The van der Waals surface area contributed by atoms with Gasteiger partial charge in [-0.25, -0.2) is 4.79 Å². The molecule has 0 bridgehead atoms. The Bertz CT molecular complexity index is 654. The van der Waals surface area contributed by atoms with Gasteiger partial charge in [0.1, 0.15) is 0 Å². The zero-order chi connectivity index (χ0) is 14.7. The number of rotatable bonds is 3. The van der Waals surface area contributed by atoms with Crippen LogP contribution in [0.5, 0.6) is 23.3 Å². The molecule has 7 nitrogen and oxygen atoms in total. The van der Waals surface area contributed by atoms with Gasteiger partial charge in [-0.15, -0.1) is 4.73 Å². The van der Waals surface area contributed by atoms with Gasteiger partial charge in [0.25, 0.3) is 0 Å². The van der Waals surface area contributed by atoms with Crippen molar-refractivity contribution in [2.24, 2.45) is 0 Å². The Balaban J connectivity index is 2.08. The molecule has 1 aromatic heterocycles. The monoisotopic (exact) mass is 277 g/mol. The highest BCUT2D eigenvalue weighted by Gasteiger charge is 2.09. The summed E-state index contributed by atoms with van der Waals surface area (Å²) in [5.74, 6) is -2.29. The van der Waals surface area contributed by atoms with E-state index in [1.165, 1.54) is 24.3 Å².